The van der Waals surface area contributed by atoms with Crippen molar-refractivity contribution in [3.8, 4) is 0 Å². The number of hydrogen-bond donors (Lipinski definition) is 1. The number of amides is 1. The van der Waals surface area contributed by atoms with E-state index in [1.165, 1.54) is 12.1 Å². The van der Waals surface area contributed by atoms with Gasteiger partial charge in [-0.2, -0.15) is 0 Å². The molecule has 6 nitrogen and oxygen atoms in total. The smallest absolute Gasteiger partial charge is 0.289 e. The second-order valence-electron chi connectivity index (χ2n) is 6.94. The Morgan fingerprint density at radius 3 is 2.52 bits per heavy atom. The average molecular weight is 388 g/mol. The Balaban J connectivity index is 1.85. The van der Waals surface area contributed by atoms with E-state index in [0.717, 1.165) is 31.5 Å². The fourth-order valence-electron chi connectivity index (χ4n) is 3.39. The van der Waals surface area contributed by atoms with Crippen molar-refractivity contribution in [2.45, 2.75) is 25.8 Å². The molecule has 1 fully saturated rings. The Morgan fingerprint density at radius 2 is 1.89 bits per heavy atom. The third-order valence-electron chi connectivity index (χ3n) is 4.96. The lowest BCUT2D eigenvalue weighted by atomic mass is 9.95. The zero-order chi connectivity index (χ0) is 19.4. The number of hydrogen-bond acceptors (Lipinski definition) is 4. The van der Waals surface area contributed by atoms with E-state index >= 15 is 0 Å². The van der Waals surface area contributed by atoms with Gasteiger partial charge in [-0.25, -0.2) is 0 Å². The number of carbonyl (C=O) groups is 1. The summed E-state index contributed by atoms with van der Waals surface area (Å²) in [6.07, 6.45) is 2.09. The zero-order valence-electron chi connectivity index (χ0n) is 15.1. The molecule has 0 spiro atoms. The standard InChI is InChI=1S/C20H22ClN3O3/c1-14-9-11-23(12-10-14)19(15-5-3-2-4-6-15)20(25)22-16-7-8-17(21)18(13-16)24(26)27/h2-8,13-14,19H,9-12H2,1H3,(H,22,25). The van der Waals surface area contributed by atoms with E-state index in [2.05, 4.69) is 17.1 Å². The largest absolute Gasteiger partial charge is 0.324 e. The van der Waals surface area contributed by atoms with Crippen LogP contribution in [0.15, 0.2) is 48.5 Å². The summed E-state index contributed by atoms with van der Waals surface area (Å²) >= 11 is 5.86. The van der Waals surface area contributed by atoms with Crippen molar-refractivity contribution in [1.29, 1.82) is 0 Å². The molecule has 1 unspecified atom stereocenters. The van der Waals surface area contributed by atoms with Crippen LogP contribution in [0.25, 0.3) is 0 Å². The Hall–Kier alpha value is -2.44. The quantitative estimate of drug-likeness (QED) is 0.598. The molecule has 2 aromatic rings. The van der Waals surface area contributed by atoms with Gasteiger partial charge >= 0.3 is 0 Å². The van der Waals surface area contributed by atoms with Gasteiger partial charge in [0, 0.05) is 11.8 Å². The van der Waals surface area contributed by atoms with Crippen LogP contribution in [0.3, 0.4) is 0 Å². The topological polar surface area (TPSA) is 75.5 Å². The molecular formula is C20H22ClN3O3. The molecule has 7 heteroatoms. The molecule has 1 N–H and O–H groups in total. The molecule has 1 saturated heterocycles. The Bertz CT molecular complexity index is 820. The maximum Gasteiger partial charge on any atom is 0.289 e. The number of nitrogens with one attached hydrogen (secondary N) is 1. The Labute approximate surface area is 163 Å². The highest BCUT2D eigenvalue weighted by molar-refractivity contribution is 6.32. The van der Waals surface area contributed by atoms with Crippen molar-refractivity contribution < 1.29 is 9.72 Å². The third kappa shape index (κ3) is 4.64. The van der Waals surface area contributed by atoms with Crippen LogP contribution in [0.2, 0.25) is 5.02 Å². The van der Waals surface area contributed by atoms with Gasteiger partial charge in [0.2, 0.25) is 5.91 Å². The van der Waals surface area contributed by atoms with Crippen LogP contribution in [0.1, 0.15) is 31.4 Å². The SMILES string of the molecule is CC1CCN(C(C(=O)Nc2ccc(Cl)c([N+](=O)[O-])c2)c2ccccc2)CC1. The number of benzene rings is 2. The van der Waals surface area contributed by atoms with Gasteiger partial charge in [-0.05, 0) is 49.5 Å². The summed E-state index contributed by atoms with van der Waals surface area (Å²) in [5, 5.41) is 14.0. The van der Waals surface area contributed by atoms with Gasteiger partial charge in [-0.3, -0.25) is 19.8 Å². The first-order valence-electron chi connectivity index (χ1n) is 8.99. The maximum atomic E-state index is 13.1. The minimum absolute atomic E-state index is 0.0441. The second-order valence-corrected chi connectivity index (χ2v) is 7.35. The zero-order valence-corrected chi connectivity index (χ0v) is 15.9. The van der Waals surface area contributed by atoms with Gasteiger partial charge in [0.25, 0.3) is 5.69 Å². The summed E-state index contributed by atoms with van der Waals surface area (Å²) in [4.78, 5) is 25.8. The van der Waals surface area contributed by atoms with Crippen LogP contribution in [0.4, 0.5) is 11.4 Å². The number of halogens is 1. The Kier molecular flexibility index (Phi) is 6.08. The first kappa shape index (κ1) is 19.3. The number of nitro groups is 1. The van der Waals surface area contributed by atoms with Crippen LogP contribution in [0.5, 0.6) is 0 Å². The van der Waals surface area contributed by atoms with Crippen LogP contribution >= 0.6 is 11.6 Å². The van der Waals surface area contributed by atoms with E-state index in [-0.39, 0.29) is 16.6 Å². The highest BCUT2D eigenvalue weighted by Crippen LogP contribution is 2.30. The molecule has 1 amide bonds. The number of carbonyl (C=O) groups excluding carboxylic acids is 1. The molecule has 1 atom stereocenters. The van der Waals surface area contributed by atoms with Gasteiger partial charge in [0.05, 0.1) is 4.92 Å². The lowest BCUT2D eigenvalue weighted by Crippen LogP contribution is -2.41. The van der Waals surface area contributed by atoms with Crippen molar-refractivity contribution in [1.82, 2.24) is 4.90 Å². The van der Waals surface area contributed by atoms with Crippen LogP contribution < -0.4 is 5.32 Å². The van der Waals surface area contributed by atoms with Gasteiger partial charge in [0.1, 0.15) is 11.1 Å². The first-order valence-corrected chi connectivity index (χ1v) is 9.37. The molecule has 1 aliphatic rings. The van der Waals surface area contributed by atoms with E-state index in [1.54, 1.807) is 6.07 Å². The van der Waals surface area contributed by atoms with Crippen molar-refractivity contribution in [2.24, 2.45) is 5.92 Å². The predicted octanol–water partition coefficient (Wildman–Crippen LogP) is 4.66. The molecule has 27 heavy (non-hydrogen) atoms. The van der Waals surface area contributed by atoms with E-state index in [4.69, 9.17) is 11.6 Å². The number of rotatable bonds is 5. The summed E-state index contributed by atoms with van der Waals surface area (Å²) in [6.45, 7) is 3.91. The van der Waals surface area contributed by atoms with Crippen molar-refractivity contribution in [3.05, 3.63) is 69.2 Å². The summed E-state index contributed by atoms with van der Waals surface area (Å²) in [7, 11) is 0. The fourth-order valence-corrected chi connectivity index (χ4v) is 3.58. The minimum Gasteiger partial charge on any atom is -0.324 e. The fraction of sp³-hybridized carbons (Fsp3) is 0.350. The molecule has 0 radical (unpaired) electrons. The van der Waals surface area contributed by atoms with E-state index < -0.39 is 11.0 Å². The number of likely N-dealkylation sites (tertiary alicyclic amines) is 1. The number of piperidine rings is 1. The van der Waals surface area contributed by atoms with Gasteiger partial charge in [-0.15, -0.1) is 0 Å². The molecule has 142 valence electrons. The normalized spacial score (nSPS) is 16.7. The molecule has 1 aliphatic heterocycles. The highest BCUT2D eigenvalue weighted by Gasteiger charge is 2.30. The van der Waals surface area contributed by atoms with Crippen LogP contribution in [-0.4, -0.2) is 28.8 Å². The maximum absolute atomic E-state index is 13.1. The van der Waals surface area contributed by atoms with Crippen molar-refractivity contribution >= 4 is 28.9 Å². The number of anilines is 1. The Morgan fingerprint density at radius 1 is 1.22 bits per heavy atom. The molecule has 1 heterocycles. The van der Waals surface area contributed by atoms with E-state index in [9.17, 15) is 14.9 Å². The summed E-state index contributed by atoms with van der Waals surface area (Å²) in [5.74, 6) is 0.451. The van der Waals surface area contributed by atoms with Gasteiger partial charge in [-0.1, -0.05) is 48.9 Å². The average Bonchev–Trinajstić information content (AvgIpc) is 2.66. The number of nitro benzene ring substituents is 1. The summed E-state index contributed by atoms with van der Waals surface area (Å²) in [5.41, 5.74) is 1.05. The molecule has 0 aliphatic carbocycles. The first-order chi connectivity index (χ1) is 13.0. The minimum atomic E-state index is -0.557. The lowest BCUT2D eigenvalue weighted by Gasteiger charge is -2.36. The molecule has 2 aromatic carbocycles. The monoisotopic (exact) mass is 387 g/mol. The highest BCUT2D eigenvalue weighted by atomic mass is 35.5. The van der Waals surface area contributed by atoms with Gasteiger partial charge in [0.15, 0.2) is 0 Å². The van der Waals surface area contributed by atoms with Crippen molar-refractivity contribution in [3.63, 3.8) is 0 Å². The summed E-state index contributed by atoms with van der Waals surface area (Å²) < 4.78 is 0. The van der Waals surface area contributed by atoms with E-state index in [0.29, 0.717) is 11.6 Å². The second kappa shape index (κ2) is 8.50. The molecule has 3 rings (SSSR count). The van der Waals surface area contributed by atoms with Gasteiger partial charge < -0.3 is 5.32 Å². The van der Waals surface area contributed by atoms with Crippen LogP contribution in [-0.2, 0) is 4.79 Å². The molecular weight excluding hydrogens is 366 g/mol. The van der Waals surface area contributed by atoms with E-state index in [1.807, 2.05) is 30.3 Å². The molecule has 0 aromatic heterocycles. The third-order valence-corrected chi connectivity index (χ3v) is 5.28. The van der Waals surface area contributed by atoms with Crippen LogP contribution in [0, 0.1) is 16.0 Å². The van der Waals surface area contributed by atoms with Crippen molar-refractivity contribution in [2.75, 3.05) is 18.4 Å². The predicted molar refractivity (Wildman–Crippen MR) is 106 cm³/mol. The lowest BCUT2D eigenvalue weighted by molar-refractivity contribution is -0.384. The number of nitrogens with zero attached hydrogens (tertiary/aromatic N) is 2. The summed E-state index contributed by atoms with van der Waals surface area (Å²) in [6, 6.07) is 13.5. The molecule has 0 bridgehead atoms. The molecule has 0 saturated carbocycles.